The van der Waals surface area contributed by atoms with Crippen molar-refractivity contribution < 1.29 is 4.74 Å². The van der Waals surface area contributed by atoms with Gasteiger partial charge in [0.2, 0.25) is 0 Å². The third-order valence-corrected chi connectivity index (χ3v) is 6.41. The Hall–Kier alpha value is -1.79. The second-order valence-corrected chi connectivity index (χ2v) is 8.34. The van der Waals surface area contributed by atoms with E-state index in [0.717, 1.165) is 18.7 Å². The van der Waals surface area contributed by atoms with Crippen LogP contribution < -0.4 is 4.74 Å². The summed E-state index contributed by atoms with van der Waals surface area (Å²) in [4.78, 5) is 0. The maximum Gasteiger partial charge on any atom is 0.197 e. The highest BCUT2D eigenvalue weighted by Crippen LogP contribution is 2.42. The first kappa shape index (κ1) is 17.6. The lowest BCUT2D eigenvalue weighted by Gasteiger charge is -2.10. The summed E-state index contributed by atoms with van der Waals surface area (Å²) >= 11 is 14.6. The summed E-state index contributed by atoms with van der Waals surface area (Å²) in [6, 6.07) is 9.75. The summed E-state index contributed by atoms with van der Waals surface area (Å²) in [6.45, 7) is 0.266. The summed E-state index contributed by atoms with van der Waals surface area (Å²) in [6.07, 6.45) is 2.14. The van der Waals surface area contributed by atoms with Gasteiger partial charge in [0.05, 0.1) is 5.02 Å². The molecule has 10 heteroatoms. The number of nitriles is 1. The Morgan fingerprint density at radius 2 is 2.12 bits per heavy atom. The fourth-order valence-corrected chi connectivity index (χ4v) is 4.74. The number of hydrogen-bond acceptors (Lipinski definition) is 7. The molecule has 6 nitrogen and oxygen atoms in total. The van der Waals surface area contributed by atoms with Crippen molar-refractivity contribution in [3.05, 3.63) is 45.8 Å². The molecule has 132 valence electrons. The molecular formula is C16H11Cl2N5OS2. The first-order chi connectivity index (χ1) is 12.7. The molecule has 1 aromatic carbocycles. The molecule has 4 rings (SSSR count). The number of ether oxygens (including phenoxy) is 1. The Bertz CT molecular complexity index is 993. The van der Waals surface area contributed by atoms with Gasteiger partial charge in [0.15, 0.2) is 16.1 Å². The van der Waals surface area contributed by atoms with Gasteiger partial charge in [-0.3, -0.25) is 4.57 Å². The van der Waals surface area contributed by atoms with Crippen LogP contribution in [0.15, 0.2) is 33.6 Å². The summed E-state index contributed by atoms with van der Waals surface area (Å²) in [5.41, 5.74) is 0.376. The number of aromatic nitrogens is 4. The van der Waals surface area contributed by atoms with Crippen LogP contribution in [0.2, 0.25) is 10.2 Å². The van der Waals surface area contributed by atoms with Gasteiger partial charge in [-0.25, -0.2) is 0 Å². The van der Waals surface area contributed by atoms with Gasteiger partial charge in [-0.1, -0.05) is 35.3 Å². The highest BCUT2D eigenvalue weighted by atomic mass is 35.5. The van der Waals surface area contributed by atoms with Crippen molar-refractivity contribution in [1.82, 2.24) is 19.1 Å². The molecule has 0 unspecified atom stereocenters. The van der Waals surface area contributed by atoms with Gasteiger partial charge >= 0.3 is 0 Å². The average Bonchev–Trinajstić information content (AvgIpc) is 3.31. The van der Waals surface area contributed by atoms with Crippen LogP contribution >= 0.6 is 46.5 Å². The SMILES string of the molecule is N#Cc1c(Cl)nsc1Sc1nnc(COc2ccccc2Cl)n1C1CC1. The topological polar surface area (TPSA) is 76.6 Å². The van der Waals surface area contributed by atoms with E-state index < -0.39 is 0 Å². The van der Waals surface area contributed by atoms with Crippen molar-refractivity contribution in [2.24, 2.45) is 0 Å². The predicted octanol–water partition coefficient (Wildman–Crippen LogP) is 4.98. The maximum atomic E-state index is 9.24. The lowest BCUT2D eigenvalue weighted by molar-refractivity contribution is 0.288. The predicted molar refractivity (Wildman–Crippen MR) is 100 cm³/mol. The molecule has 2 heterocycles. The molecule has 0 amide bonds. The minimum absolute atomic E-state index is 0.222. The molecule has 0 bridgehead atoms. The van der Waals surface area contributed by atoms with Crippen molar-refractivity contribution in [3.8, 4) is 11.8 Å². The third-order valence-electron chi connectivity index (χ3n) is 3.76. The van der Waals surface area contributed by atoms with Gasteiger partial charge in [-0.2, -0.15) is 9.64 Å². The Labute approximate surface area is 167 Å². The average molecular weight is 424 g/mol. The molecule has 0 N–H and O–H groups in total. The van der Waals surface area contributed by atoms with Crippen LogP contribution in [0.3, 0.4) is 0 Å². The quantitative estimate of drug-likeness (QED) is 0.556. The van der Waals surface area contributed by atoms with Crippen molar-refractivity contribution >= 4 is 46.5 Å². The molecule has 1 aliphatic carbocycles. The maximum absolute atomic E-state index is 9.24. The Morgan fingerprint density at radius 1 is 1.31 bits per heavy atom. The van der Waals surface area contributed by atoms with E-state index in [0.29, 0.717) is 31.7 Å². The van der Waals surface area contributed by atoms with E-state index in [4.69, 9.17) is 27.9 Å². The van der Waals surface area contributed by atoms with E-state index in [1.165, 1.54) is 23.3 Å². The van der Waals surface area contributed by atoms with Crippen LogP contribution in [0, 0.1) is 11.3 Å². The Balaban J connectivity index is 1.58. The molecule has 0 spiro atoms. The van der Waals surface area contributed by atoms with Gasteiger partial charge in [-0.15, -0.1) is 10.2 Å². The summed E-state index contributed by atoms with van der Waals surface area (Å²) in [5.74, 6) is 1.33. The number of rotatable bonds is 6. The van der Waals surface area contributed by atoms with E-state index >= 15 is 0 Å². The van der Waals surface area contributed by atoms with Gasteiger partial charge < -0.3 is 4.74 Å². The van der Waals surface area contributed by atoms with Crippen molar-refractivity contribution in [3.63, 3.8) is 0 Å². The Morgan fingerprint density at radius 3 is 2.85 bits per heavy atom. The molecule has 3 aromatic rings. The van der Waals surface area contributed by atoms with Crippen LogP contribution in [0.1, 0.15) is 30.3 Å². The smallest absolute Gasteiger partial charge is 0.197 e. The lowest BCUT2D eigenvalue weighted by atomic mass is 10.3. The minimum Gasteiger partial charge on any atom is -0.484 e. The van der Waals surface area contributed by atoms with Crippen LogP contribution in [-0.2, 0) is 6.61 Å². The number of nitrogens with zero attached hydrogens (tertiary/aromatic N) is 5. The molecule has 1 fully saturated rings. The summed E-state index contributed by atoms with van der Waals surface area (Å²) in [5, 5.41) is 19.3. The summed E-state index contributed by atoms with van der Waals surface area (Å²) in [7, 11) is 0. The largest absolute Gasteiger partial charge is 0.484 e. The first-order valence-corrected chi connectivity index (χ1v) is 10.1. The third kappa shape index (κ3) is 3.53. The highest BCUT2D eigenvalue weighted by Gasteiger charge is 2.31. The van der Waals surface area contributed by atoms with Gasteiger partial charge in [0, 0.05) is 6.04 Å². The molecule has 26 heavy (non-hydrogen) atoms. The monoisotopic (exact) mass is 423 g/mol. The van der Waals surface area contributed by atoms with E-state index in [1.54, 1.807) is 6.07 Å². The van der Waals surface area contributed by atoms with E-state index in [9.17, 15) is 5.26 Å². The fourth-order valence-electron chi connectivity index (χ4n) is 2.38. The van der Waals surface area contributed by atoms with Crippen LogP contribution in [0.25, 0.3) is 0 Å². The second-order valence-electron chi connectivity index (χ2n) is 5.57. The van der Waals surface area contributed by atoms with E-state index in [2.05, 4.69) is 25.2 Å². The lowest BCUT2D eigenvalue weighted by Crippen LogP contribution is -2.07. The zero-order valence-electron chi connectivity index (χ0n) is 13.2. The molecule has 1 aliphatic rings. The highest BCUT2D eigenvalue weighted by molar-refractivity contribution is 8.01. The molecular weight excluding hydrogens is 413 g/mol. The van der Waals surface area contributed by atoms with Gasteiger partial charge in [-0.05, 0) is 48.3 Å². The number of benzene rings is 1. The molecule has 0 saturated heterocycles. The molecule has 1 saturated carbocycles. The molecule has 2 aromatic heterocycles. The first-order valence-electron chi connectivity index (χ1n) is 7.71. The minimum atomic E-state index is 0.222. The van der Waals surface area contributed by atoms with Crippen LogP contribution in [-0.4, -0.2) is 19.1 Å². The molecule has 0 aliphatic heterocycles. The van der Waals surface area contributed by atoms with E-state index in [-0.39, 0.29) is 11.8 Å². The summed E-state index contributed by atoms with van der Waals surface area (Å²) < 4.78 is 12.6. The van der Waals surface area contributed by atoms with Crippen LogP contribution in [0.4, 0.5) is 0 Å². The molecule has 0 atom stereocenters. The Kier molecular flexibility index (Phi) is 5.05. The van der Waals surface area contributed by atoms with Crippen molar-refractivity contribution in [1.29, 1.82) is 5.26 Å². The fraction of sp³-hybridized carbons (Fsp3) is 0.250. The zero-order chi connectivity index (χ0) is 18.1. The van der Waals surface area contributed by atoms with Crippen molar-refractivity contribution in [2.75, 3.05) is 0 Å². The molecule has 0 radical (unpaired) electrons. The van der Waals surface area contributed by atoms with E-state index in [1.807, 2.05) is 18.2 Å². The number of halogens is 2. The van der Waals surface area contributed by atoms with Gasteiger partial charge in [0.25, 0.3) is 0 Å². The standard InChI is InChI=1S/C16H11Cl2N5OS2/c17-11-3-1-2-4-12(11)24-8-13-20-21-16(23(13)9-5-6-9)25-15-10(7-19)14(18)22-26-15/h1-4,9H,5-6,8H2. The van der Waals surface area contributed by atoms with Crippen molar-refractivity contribution in [2.45, 2.75) is 34.9 Å². The zero-order valence-corrected chi connectivity index (χ0v) is 16.4. The second kappa shape index (κ2) is 7.45. The normalized spacial score (nSPS) is 13.6. The number of hydrogen-bond donors (Lipinski definition) is 0. The van der Waals surface area contributed by atoms with Gasteiger partial charge in [0.1, 0.15) is 28.2 Å². The van der Waals surface area contributed by atoms with Crippen LogP contribution in [0.5, 0.6) is 5.75 Å². The number of para-hydroxylation sites is 1.